The first-order valence-electron chi connectivity index (χ1n) is 11.3. The Bertz CT molecular complexity index is 1240. The molecule has 1 aliphatic heterocycles. The third kappa shape index (κ3) is 4.77. The number of sulfonamides is 1. The van der Waals surface area contributed by atoms with Crippen LogP contribution in [0.3, 0.4) is 0 Å². The molecule has 2 aromatic carbocycles. The number of nitrogens with zero attached hydrogens (tertiary/aromatic N) is 2. The summed E-state index contributed by atoms with van der Waals surface area (Å²) in [6, 6.07) is 12.7. The number of piperidine rings is 1. The Morgan fingerprint density at radius 1 is 1.12 bits per heavy atom. The van der Waals surface area contributed by atoms with E-state index >= 15 is 0 Å². The van der Waals surface area contributed by atoms with Crippen molar-refractivity contribution in [3.63, 3.8) is 0 Å². The molecule has 2 heterocycles. The molecule has 0 saturated carbocycles. The van der Waals surface area contributed by atoms with Gasteiger partial charge in [-0.15, -0.1) is 0 Å². The van der Waals surface area contributed by atoms with Gasteiger partial charge in [0.25, 0.3) is 0 Å². The second kappa shape index (κ2) is 9.37. The molecule has 1 fully saturated rings. The fourth-order valence-corrected chi connectivity index (χ4v) is 6.55. The molecule has 0 bridgehead atoms. The summed E-state index contributed by atoms with van der Waals surface area (Å²) in [5.74, 6) is 0.783. The Labute approximate surface area is 193 Å². The number of hydrogen-bond donors (Lipinski definition) is 1. The largest absolute Gasteiger partial charge is 0.372 e. The van der Waals surface area contributed by atoms with Gasteiger partial charge in [-0.3, -0.25) is 9.36 Å². The lowest BCUT2D eigenvalue weighted by Gasteiger charge is -2.32. The number of anilines is 1. The van der Waals surface area contributed by atoms with Gasteiger partial charge in [0.15, 0.2) is 0 Å². The van der Waals surface area contributed by atoms with Gasteiger partial charge < -0.3 is 4.90 Å². The first-order chi connectivity index (χ1) is 15.3. The normalized spacial score (nSPS) is 16.5. The molecular weight excluding hydrogens is 442 g/mol. The van der Waals surface area contributed by atoms with Crippen molar-refractivity contribution < 1.29 is 8.42 Å². The average Bonchev–Trinajstić information content (AvgIpc) is 3.09. The van der Waals surface area contributed by atoms with Crippen molar-refractivity contribution >= 4 is 37.3 Å². The Hall–Kier alpha value is -2.16. The van der Waals surface area contributed by atoms with E-state index in [1.54, 1.807) is 22.8 Å². The van der Waals surface area contributed by atoms with E-state index in [2.05, 4.69) is 28.7 Å². The first-order valence-corrected chi connectivity index (χ1v) is 13.6. The minimum Gasteiger partial charge on any atom is -0.372 e. The summed E-state index contributed by atoms with van der Waals surface area (Å²) in [5, 5.41) is 0. The molecule has 3 aromatic rings. The van der Waals surface area contributed by atoms with Gasteiger partial charge in [-0.2, -0.15) is 0 Å². The van der Waals surface area contributed by atoms with Crippen molar-refractivity contribution in [3.8, 4) is 0 Å². The number of thiazole rings is 1. The fraction of sp³-hybridized carbons (Fsp3) is 0.458. The van der Waals surface area contributed by atoms with Crippen LogP contribution in [0.5, 0.6) is 0 Å². The third-order valence-electron chi connectivity index (χ3n) is 6.27. The molecular formula is C24H31N3O3S2. The Kier molecular flexibility index (Phi) is 6.74. The van der Waals surface area contributed by atoms with Crippen molar-refractivity contribution in [1.29, 1.82) is 0 Å². The van der Waals surface area contributed by atoms with E-state index < -0.39 is 10.0 Å². The molecule has 0 unspecified atom stereocenters. The lowest BCUT2D eigenvalue weighted by Crippen LogP contribution is -2.32. The van der Waals surface area contributed by atoms with E-state index in [4.69, 9.17) is 0 Å². The zero-order valence-corrected chi connectivity index (χ0v) is 20.5. The summed E-state index contributed by atoms with van der Waals surface area (Å²) in [6.07, 6.45) is 3.26. The predicted molar refractivity (Wildman–Crippen MR) is 132 cm³/mol. The van der Waals surface area contributed by atoms with Crippen LogP contribution in [0.25, 0.3) is 10.2 Å². The summed E-state index contributed by atoms with van der Waals surface area (Å²) >= 11 is 1.09. The molecule has 0 aliphatic carbocycles. The van der Waals surface area contributed by atoms with Crippen LogP contribution in [0.2, 0.25) is 0 Å². The van der Waals surface area contributed by atoms with Gasteiger partial charge in [-0.05, 0) is 68.0 Å². The molecule has 0 radical (unpaired) electrons. The molecule has 1 saturated heterocycles. The Morgan fingerprint density at radius 2 is 1.81 bits per heavy atom. The van der Waals surface area contributed by atoms with Crippen LogP contribution in [0.15, 0.2) is 52.2 Å². The van der Waals surface area contributed by atoms with Crippen LogP contribution in [-0.4, -0.2) is 26.1 Å². The van der Waals surface area contributed by atoms with Gasteiger partial charge in [-0.1, -0.05) is 37.3 Å². The number of aromatic nitrogens is 1. The van der Waals surface area contributed by atoms with Crippen molar-refractivity contribution in [2.24, 2.45) is 5.92 Å². The standard InChI is InChI=1S/C24H31N3O3S2/c1-4-13-27-22-10-9-21(16-23(22)31-24(27)28)32(29,30)25-18(3)19-5-7-20(8-6-19)26-14-11-17(2)12-15-26/h5-10,16-18,25H,4,11-15H2,1-3H3/t18-/m0/s1. The van der Waals surface area contributed by atoms with Gasteiger partial charge >= 0.3 is 4.87 Å². The van der Waals surface area contributed by atoms with E-state index in [0.29, 0.717) is 11.2 Å². The number of hydrogen-bond acceptors (Lipinski definition) is 5. The molecule has 0 amide bonds. The zero-order valence-electron chi connectivity index (χ0n) is 18.9. The number of benzene rings is 2. The maximum atomic E-state index is 13.0. The van der Waals surface area contributed by atoms with E-state index in [1.807, 2.05) is 26.0 Å². The predicted octanol–water partition coefficient (Wildman–Crippen LogP) is 4.75. The highest BCUT2D eigenvalue weighted by Gasteiger charge is 2.21. The SMILES string of the molecule is CCCn1c(=O)sc2cc(S(=O)(=O)N[C@@H](C)c3ccc(N4CCC(C)CC4)cc3)ccc21. The smallest absolute Gasteiger partial charge is 0.308 e. The maximum absolute atomic E-state index is 13.0. The van der Waals surface area contributed by atoms with Crippen LogP contribution in [-0.2, 0) is 16.6 Å². The van der Waals surface area contributed by atoms with Gasteiger partial charge in [0, 0.05) is 31.4 Å². The van der Waals surface area contributed by atoms with Crippen molar-refractivity contribution in [2.45, 2.75) is 57.5 Å². The maximum Gasteiger partial charge on any atom is 0.308 e. The summed E-state index contributed by atoms with van der Waals surface area (Å²) < 4.78 is 31.2. The van der Waals surface area contributed by atoms with Gasteiger partial charge in [0.2, 0.25) is 10.0 Å². The average molecular weight is 474 g/mol. The molecule has 32 heavy (non-hydrogen) atoms. The second-order valence-corrected chi connectivity index (χ2v) is 11.5. The van der Waals surface area contributed by atoms with Crippen molar-refractivity contribution in [1.82, 2.24) is 9.29 Å². The number of nitrogens with one attached hydrogen (secondary N) is 1. The zero-order chi connectivity index (χ0) is 22.9. The molecule has 1 aromatic heterocycles. The molecule has 1 aliphatic rings. The van der Waals surface area contributed by atoms with Crippen molar-refractivity contribution in [3.05, 3.63) is 57.7 Å². The molecule has 4 rings (SSSR count). The molecule has 172 valence electrons. The molecule has 8 heteroatoms. The lowest BCUT2D eigenvalue weighted by atomic mass is 9.98. The highest BCUT2D eigenvalue weighted by Crippen LogP contribution is 2.26. The highest BCUT2D eigenvalue weighted by atomic mass is 32.2. The van der Waals surface area contributed by atoms with Crippen LogP contribution >= 0.6 is 11.3 Å². The summed E-state index contributed by atoms with van der Waals surface area (Å²) in [6.45, 7) is 8.93. The second-order valence-electron chi connectivity index (χ2n) is 8.75. The summed E-state index contributed by atoms with van der Waals surface area (Å²) in [4.78, 5) is 14.7. The molecule has 6 nitrogen and oxygen atoms in total. The minimum absolute atomic E-state index is 0.0547. The van der Waals surface area contributed by atoms with E-state index in [0.717, 1.165) is 47.8 Å². The van der Waals surface area contributed by atoms with E-state index in [-0.39, 0.29) is 15.8 Å². The van der Waals surface area contributed by atoms with Crippen molar-refractivity contribution in [2.75, 3.05) is 18.0 Å². The van der Waals surface area contributed by atoms with E-state index in [9.17, 15) is 13.2 Å². The summed E-state index contributed by atoms with van der Waals surface area (Å²) in [5.41, 5.74) is 2.90. The Morgan fingerprint density at radius 3 is 2.47 bits per heavy atom. The monoisotopic (exact) mass is 473 g/mol. The topological polar surface area (TPSA) is 71.4 Å². The lowest BCUT2D eigenvalue weighted by molar-refractivity contribution is 0.438. The number of rotatable bonds is 7. The van der Waals surface area contributed by atoms with Crippen LogP contribution in [0, 0.1) is 5.92 Å². The Balaban J connectivity index is 1.49. The van der Waals surface area contributed by atoms with E-state index in [1.165, 1.54) is 18.5 Å². The quantitative estimate of drug-likeness (QED) is 0.538. The van der Waals surface area contributed by atoms with Gasteiger partial charge in [0.05, 0.1) is 15.1 Å². The van der Waals surface area contributed by atoms with Crippen LogP contribution in [0.1, 0.15) is 51.6 Å². The van der Waals surface area contributed by atoms with Crippen LogP contribution in [0.4, 0.5) is 5.69 Å². The number of fused-ring (bicyclic) bond motifs is 1. The third-order valence-corrected chi connectivity index (χ3v) is 8.75. The highest BCUT2D eigenvalue weighted by molar-refractivity contribution is 7.89. The number of aryl methyl sites for hydroxylation is 1. The van der Waals surface area contributed by atoms with Crippen LogP contribution < -0.4 is 14.5 Å². The fourth-order valence-electron chi connectivity index (χ4n) is 4.26. The molecule has 1 atom stereocenters. The van der Waals surface area contributed by atoms with Gasteiger partial charge in [-0.25, -0.2) is 13.1 Å². The first kappa shape index (κ1) is 23.0. The van der Waals surface area contributed by atoms with Gasteiger partial charge in [0.1, 0.15) is 0 Å². The molecule has 0 spiro atoms. The molecule has 1 N–H and O–H groups in total. The minimum atomic E-state index is -3.72. The summed E-state index contributed by atoms with van der Waals surface area (Å²) in [7, 11) is -3.72.